The molecule has 2 fully saturated rings. The first-order valence-corrected chi connectivity index (χ1v) is 8.77. The Hall–Kier alpha value is -0.870. The summed E-state index contributed by atoms with van der Waals surface area (Å²) >= 11 is 1.87. The molecule has 3 aliphatic rings. The lowest BCUT2D eigenvalue weighted by atomic mass is 9.94. The van der Waals surface area contributed by atoms with E-state index >= 15 is 0 Å². The van der Waals surface area contributed by atoms with Crippen LogP contribution in [-0.4, -0.2) is 30.4 Å². The van der Waals surface area contributed by atoms with E-state index in [-0.39, 0.29) is 0 Å². The lowest BCUT2D eigenvalue weighted by molar-refractivity contribution is -0.135. The molecule has 2 aliphatic heterocycles. The third kappa shape index (κ3) is 2.29. The molecule has 1 amide bonds. The molecule has 4 rings (SSSR count). The van der Waals surface area contributed by atoms with Crippen LogP contribution in [0.15, 0.2) is 11.4 Å². The van der Waals surface area contributed by atoms with E-state index in [0.717, 1.165) is 44.8 Å². The van der Waals surface area contributed by atoms with E-state index in [4.69, 9.17) is 0 Å². The third-order valence-corrected chi connectivity index (χ3v) is 6.03. The summed E-state index contributed by atoms with van der Waals surface area (Å²) in [5, 5.41) is 5.57. The molecule has 1 aromatic heterocycles. The van der Waals surface area contributed by atoms with Gasteiger partial charge in [0.15, 0.2) is 0 Å². The van der Waals surface area contributed by atoms with Crippen LogP contribution in [0.2, 0.25) is 0 Å². The maximum Gasteiger partial charge on any atom is 0.223 e. The van der Waals surface area contributed by atoms with E-state index < -0.39 is 0 Å². The highest BCUT2D eigenvalue weighted by Gasteiger charge is 2.42. The summed E-state index contributed by atoms with van der Waals surface area (Å²) in [5.41, 5.74) is 1.46. The largest absolute Gasteiger partial charge is 0.335 e. The van der Waals surface area contributed by atoms with Crippen LogP contribution in [0.25, 0.3) is 0 Å². The van der Waals surface area contributed by atoms with Gasteiger partial charge in [-0.15, -0.1) is 11.3 Å². The molecule has 0 radical (unpaired) electrons. The van der Waals surface area contributed by atoms with Gasteiger partial charge in [0.25, 0.3) is 0 Å². The molecule has 1 aliphatic carbocycles. The molecule has 3 heterocycles. The minimum Gasteiger partial charge on any atom is -0.335 e. The van der Waals surface area contributed by atoms with Crippen LogP contribution < -0.4 is 5.32 Å². The number of carbonyl (C=O) groups is 1. The van der Waals surface area contributed by atoms with Crippen LogP contribution >= 0.6 is 11.3 Å². The van der Waals surface area contributed by atoms with E-state index in [2.05, 4.69) is 21.7 Å². The van der Waals surface area contributed by atoms with Crippen LogP contribution in [0.1, 0.15) is 42.2 Å². The fraction of sp³-hybridized carbons (Fsp3) is 0.688. The number of hydrogen-bond donors (Lipinski definition) is 1. The van der Waals surface area contributed by atoms with Gasteiger partial charge < -0.3 is 10.2 Å². The smallest absolute Gasteiger partial charge is 0.223 e. The molecule has 0 aromatic carbocycles. The van der Waals surface area contributed by atoms with Gasteiger partial charge in [-0.1, -0.05) is 0 Å². The summed E-state index contributed by atoms with van der Waals surface area (Å²) in [6.07, 6.45) is 5.57. The molecule has 1 saturated carbocycles. The van der Waals surface area contributed by atoms with Crippen LogP contribution in [-0.2, 0) is 11.2 Å². The first kappa shape index (κ1) is 12.8. The van der Waals surface area contributed by atoms with Crippen molar-refractivity contribution in [1.82, 2.24) is 10.2 Å². The molecule has 4 heteroatoms. The average molecular weight is 290 g/mol. The zero-order chi connectivity index (χ0) is 13.5. The monoisotopic (exact) mass is 290 g/mol. The first-order chi connectivity index (χ1) is 9.83. The number of hydrogen-bond acceptors (Lipinski definition) is 3. The highest BCUT2D eigenvalue weighted by Crippen LogP contribution is 2.48. The first-order valence-electron chi connectivity index (χ1n) is 7.89. The summed E-state index contributed by atoms with van der Waals surface area (Å²) in [6, 6.07) is 2.66. The van der Waals surface area contributed by atoms with E-state index in [0.29, 0.717) is 17.9 Å². The van der Waals surface area contributed by atoms with Gasteiger partial charge in [-0.3, -0.25) is 4.79 Å². The Bertz CT molecular complexity index is 502. The Labute approximate surface area is 124 Å². The van der Waals surface area contributed by atoms with Gasteiger partial charge in [0.2, 0.25) is 5.91 Å². The molecule has 1 aromatic rings. The molecule has 1 N–H and O–H groups in total. The zero-order valence-electron chi connectivity index (χ0n) is 11.8. The molecule has 0 bridgehead atoms. The number of nitrogens with one attached hydrogen (secondary N) is 1. The zero-order valence-corrected chi connectivity index (χ0v) is 12.6. The van der Waals surface area contributed by atoms with Gasteiger partial charge in [-0.25, -0.2) is 0 Å². The number of nitrogens with zero attached hydrogens (tertiary/aromatic N) is 1. The molecule has 108 valence electrons. The molecular formula is C16H22N2OS. The van der Waals surface area contributed by atoms with Gasteiger partial charge in [0, 0.05) is 17.8 Å². The fourth-order valence-corrected chi connectivity index (χ4v) is 4.71. The maximum absolute atomic E-state index is 12.7. The van der Waals surface area contributed by atoms with Crippen LogP contribution in [0.5, 0.6) is 0 Å². The van der Waals surface area contributed by atoms with Crippen molar-refractivity contribution in [2.75, 3.05) is 19.6 Å². The molecule has 0 spiro atoms. The minimum atomic E-state index is 0.395. The van der Waals surface area contributed by atoms with Gasteiger partial charge >= 0.3 is 0 Å². The van der Waals surface area contributed by atoms with Crippen molar-refractivity contribution in [1.29, 1.82) is 0 Å². The Morgan fingerprint density at radius 3 is 3.05 bits per heavy atom. The number of thiophene rings is 1. The normalized spacial score (nSPS) is 29.5. The molecular weight excluding hydrogens is 268 g/mol. The highest BCUT2D eigenvalue weighted by atomic mass is 32.1. The van der Waals surface area contributed by atoms with E-state index in [9.17, 15) is 4.79 Å². The summed E-state index contributed by atoms with van der Waals surface area (Å²) in [6.45, 7) is 3.05. The Morgan fingerprint density at radius 2 is 2.30 bits per heavy atom. The molecule has 2 unspecified atom stereocenters. The average Bonchev–Trinajstić information content (AvgIpc) is 2.96. The third-order valence-electron chi connectivity index (χ3n) is 5.03. The van der Waals surface area contributed by atoms with Gasteiger partial charge in [-0.05, 0) is 67.6 Å². The summed E-state index contributed by atoms with van der Waals surface area (Å²) in [5.74, 6) is 1.69. The van der Waals surface area contributed by atoms with Crippen LogP contribution in [0.3, 0.4) is 0 Å². The Kier molecular flexibility index (Phi) is 3.31. The summed E-state index contributed by atoms with van der Waals surface area (Å²) in [7, 11) is 0. The second-order valence-corrected chi connectivity index (χ2v) is 7.48. The second kappa shape index (κ2) is 5.15. The van der Waals surface area contributed by atoms with Crippen LogP contribution in [0, 0.1) is 11.8 Å². The predicted octanol–water partition coefficient (Wildman–Crippen LogP) is 2.58. The Morgan fingerprint density at radius 1 is 1.40 bits per heavy atom. The van der Waals surface area contributed by atoms with Crippen molar-refractivity contribution in [3.05, 3.63) is 21.9 Å². The second-order valence-electron chi connectivity index (χ2n) is 6.48. The van der Waals surface area contributed by atoms with E-state index in [1.165, 1.54) is 23.3 Å². The predicted molar refractivity (Wildman–Crippen MR) is 80.8 cm³/mol. The van der Waals surface area contributed by atoms with Crippen molar-refractivity contribution in [2.45, 2.75) is 38.1 Å². The highest BCUT2D eigenvalue weighted by molar-refractivity contribution is 7.10. The topological polar surface area (TPSA) is 32.3 Å². The number of carbonyl (C=O) groups excluding carboxylic acids is 1. The Balaban J connectivity index is 1.53. The maximum atomic E-state index is 12.7. The lowest BCUT2D eigenvalue weighted by Gasteiger charge is -2.37. The van der Waals surface area contributed by atoms with Crippen molar-refractivity contribution in [3.63, 3.8) is 0 Å². The quantitative estimate of drug-likeness (QED) is 0.928. The van der Waals surface area contributed by atoms with E-state index in [1.54, 1.807) is 0 Å². The number of fused-ring (bicyclic) bond motifs is 1. The van der Waals surface area contributed by atoms with Crippen molar-refractivity contribution in [2.24, 2.45) is 11.8 Å². The van der Waals surface area contributed by atoms with Gasteiger partial charge in [-0.2, -0.15) is 0 Å². The standard InChI is InChI=1S/C16H22N2OS/c19-15(9-11-3-6-17-10-11)18-7-4-14-13(5-8-20-14)16(18)12-1-2-12/h5,8,11-12,16-17H,1-4,6-7,9-10H2. The van der Waals surface area contributed by atoms with Gasteiger partial charge in [0.1, 0.15) is 0 Å². The number of amides is 1. The minimum absolute atomic E-state index is 0.395. The SMILES string of the molecule is O=C(CC1CCNC1)N1CCc2sccc2C1C1CC1. The number of rotatable bonds is 3. The molecule has 20 heavy (non-hydrogen) atoms. The fourth-order valence-electron chi connectivity index (χ4n) is 3.80. The van der Waals surface area contributed by atoms with Crippen molar-refractivity contribution in [3.8, 4) is 0 Å². The molecule has 1 saturated heterocycles. The van der Waals surface area contributed by atoms with E-state index in [1.807, 2.05) is 11.3 Å². The summed E-state index contributed by atoms with van der Waals surface area (Å²) in [4.78, 5) is 16.5. The lowest BCUT2D eigenvalue weighted by Crippen LogP contribution is -2.41. The molecule has 3 nitrogen and oxygen atoms in total. The molecule has 2 atom stereocenters. The van der Waals surface area contributed by atoms with Crippen LogP contribution in [0.4, 0.5) is 0 Å². The van der Waals surface area contributed by atoms with Crippen molar-refractivity contribution < 1.29 is 4.79 Å². The van der Waals surface area contributed by atoms with Gasteiger partial charge in [0.05, 0.1) is 6.04 Å². The van der Waals surface area contributed by atoms with Crippen molar-refractivity contribution >= 4 is 17.2 Å². The summed E-state index contributed by atoms with van der Waals surface area (Å²) < 4.78 is 0.